The molecule has 0 spiro atoms. The number of fused-ring (bicyclic) bond motifs is 1. The standard InChI is InChI=1S/C15H17ClN2O3/c1-9-7-10(16)12(11(8-9)21-2)13-14(19)17-5-3-4-6-18(17)15(13)20/h7-8,19H,3-6H2,1-2H3. The summed E-state index contributed by atoms with van der Waals surface area (Å²) in [5.74, 6) is 0.458. The highest BCUT2D eigenvalue weighted by molar-refractivity contribution is 6.33. The minimum Gasteiger partial charge on any atom is -0.496 e. The Morgan fingerprint density at radius 1 is 1.19 bits per heavy atom. The van der Waals surface area contributed by atoms with Gasteiger partial charge in [0.15, 0.2) is 0 Å². The topological polar surface area (TPSA) is 56.4 Å². The third-order valence-electron chi connectivity index (χ3n) is 3.87. The van der Waals surface area contributed by atoms with Gasteiger partial charge in [-0.1, -0.05) is 11.6 Å². The zero-order valence-corrected chi connectivity index (χ0v) is 12.8. The third kappa shape index (κ3) is 2.12. The molecule has 0 saturated carbocycles. The fraction of sp³-hybridized carbons (Fsp3) is 0.400. The van der Waals surface area contributed by atoms with E-state index >= 15 is 0 Å². The number of hydrogen-bond donors (Lipinski definition) is 1. The molecule has 0 radical (unpaired) electrons. The third-order valence-corrected chi connectivity index (χ3v) is 4.16. The molecular weight excluding hydrogens is 292 g/mol. The van der Waals surface area contributed by atoms with Gasteiger partial charge in [0, 0.05) is 13.1 Å². The van der Waals surface area contributed by atoms with E-state index in [2.05, 4.69) is 0 Å². The summed E-state index contributed by atoms with van der Waals surface area (Å²) in [5, 5.41) is 10.9. The number of aromatic hydroxyl groups is 1. The molecule has 0 fully saturated rings. The van der Waals surface area contributed by atoms with Crippen molar-refractivity contribution in [3.63, 3.8) is 0 Å². The van der Waals surface area contributed by atoms with Crippen LogP contribution in [0.2, 0.25) is 5.02 Å². The summed E-state index contributed by atoms with van der Waals surface area (Å²) < 4.78 is 8.55. The van der Waals surface area contributed by atoms with E-state index in [4.69, 9.17) is 16.3 Å². The van der Waals surface area contributed by atoms with Gasteiger partial charge in [-0.25, -0.2) is 4.68 Å². The number of methoxy groups -OCH3 is 1. The fourth-order valence-corrected chi connectivity index (χ4v) is 3.24. The highest BCUT2D eigenvalue weighted by Crippen LogP contribution is 2.40. The molecule has 6 heteroatoms. The van der Waals surface area contributed by atoms with Crippen LogP contribution in [0.1, 0.15) is 18.4 Å². The molecule has 0 saturated heterocycles. The van der Waals surface area contributed by atoms with Crippen LogP contribution in [0.4, 0.5) is 0 Å². The quantitative estimate of drug-likeness (QED) is 0.928. The molecule has 2 heterocycles. The lowest BCUT2D eigenvalue weighted by molar-refractivity contribution is 0.305. The fourth-order valence-electron chi connectivity index (χ4n) is 2.88. The van der Waals surface area contributed by atoms with Gasteiger partial charge in [0.25, 0.3) is 5.56 Å². The van der Waals surface area contributed by atoms with Crippen LogP contribution in [0.5, 0.6) is 11.6 Å². The highest BCUT2D eigenvalue weighted by atomic mass is 35.5. The Morgan fingerprint density at radius 2 is 1.86 bits per heavy atom. The van der Waals surface area contributed by atoms with Gasteiger partial charge in [-0.05, 0) is 37.5 Å². The highest BCUT2D eigenvalue weighted by Gasteiger charge is 2.26. The van der Waals surface area contributed by atoms with E-state index in [9.17, 15) is 9.90 Å². The smallest absolute Gasteiger partial charge is 0.278 e. The van der Waals surface area contributed by atoms with Gasteiger partial charge in [-0.15, -0.1) is 0 Å². The largest absolute Gasteiger partial charge is 0.496 e. The molecule has 0 unspecified atom stereocenters. The van der Waals surface area contributed by atoms with Gasteiger partial charge in [-0.2, -0.15) is 0 Å². The second-order valence-corrected chi connectivity index (χ2v) is 5.69. The second-order valence-electron chi connectivity index (χ2n) is 5.28. The van der Waals surface area contributed by atoms with Crippen LogP contribution in [-0.4, -0.2) is 21.6 Å². The summed E-state index contributed by atoms with van der Waals surface area (Å²) in [7, 11) is 1.53. The lowest BCUT2D eigenvalue weighted by atomic mass is 10.1. The number of rotatable bonds is 2. The van der Waals surface area contributed by atoms with Crippen LogP contribution in [0.15, 0.2) is 16.9 Å². The first-order valence-corrected chi connectivity index (χ1v) is 7.29. The number of nitrogens with zero attached hydrogens (tertiary/aromatic N) is 2. The van der Waals surface area contributed by atoms with Crippen molar-refractivity contribution in [2.45, 2.75) is 32.9 Å². The zero-order chi connectivity index (χ0) is 15.1. The van der Waals surface area contributed by atoms with Crippen molar-refractivity contribution in [3.05, 3.63) is 33.1 Å². The van der Waals surface area contributed by atoms with Crippen molar-refractivity contribution < 1.29 is 9.84 Å². The Hall–Kier alpha value is -1.88. The lowest BCUT2D eigenvalue weighted by Crippen LogP contribution is -2.27. The van der Waals surface area contributed by atoms with E-state index in [1.54, 1.807) is 21.5 Å². The SMILES string of the molecule is COc1cc(C)cc(Cl)c1-c1c(O)n2n(c1=O)CCCC2. The van der Waals surface area contributed by atoms with E-state index in [1.807, 2.05) is 6.92 Å². The van der Waals surface area contributed by atoms with Crippen LogP contribution >= 0.6 is 11.6 Å². The maximum Gasteiger partial charge on any atom is 0.278 e. The number of aryl methyl sites for hydroxylation is 1. The van der Waals surface area contributed by atoms with Crippen molar-refractivity contribution in [3.8, 4) is 22.8 Å². The van der Waals surface area contributed by atoms with Gasteiger partial charge in [-0.3, -0.25) is 9.48 Å². The first-order valence-electron chi connectivity index (χ1n) is 6.91. The van der Waals surface area contributed by atoms with Gasteiger partial charge in [0.2, 0.25) is 5.88 Å². The summed E-state index contributed by atoms with van der Waals surface area (Å²) in [4.78, 5) is 12.6. The minimum atomic E-state index is -0.226. The normalized spacial score (nSPS) is 14.0. The Labute approximate surface area is 127 Å². The van der Waals surface area contributed by atoms with E-state index in [0.29, 0.717) is 29.4 Å². The molecule has 2 aromatic rings. The predicted molar refractivity (Wildman–Crippen MR) is 81.3 cm³/mol. The summed E-state index contributed by atoms with van der Waals surface area (Å²) in [6, 6.07) is 3.57. The Morgan fingerprint density at radius 3 is 2.48 bits per heavy atom. The van der Waals surface area contributed by atoms with Crippen LogP contribution in [0.3, 0.4) is 0 Å². The van der Waals surface area contributed by atoms with Gasteiger partial charge in [0.05, 0.1) is 17.7 Å². The first kappa shape index (κ1) is 14.1. The average Bonchev–Trinajstić information content (AvgIpc) is 2.71. The van der Waals surface area contributed by atoms with Crippen molar-refractivity contribution in [1.29, 1.82) is 0 Å². The van der Waals surface area contributed by atoms with Crippen molar-refractivity contribution in [1.82, 2.24) is 9.36 Å². The molecule has 1 aliphatic heterocycles. The molecular formula is C15H17ClN2O3. The molecule has 0 aliphatic carbocycles. The van der Waals surface area contributed by atoms with E-state index < -0.39 is 0 Å². The van der Waals surface area contributed by atoms with Crippen molar-refractivity contribution in [2.75, 3.05) is 7.11 Å². The van der Waals surface area contributed by atoms with Crippen molar-refractivity contribution in [2.24, 2.45) is 0 Å². The van der Waals surface area contributed by atoms with Crippen LogP contribution in [-0.2, 0) is 13.1 Å². The minimum absolute atomic E-state index is 0.0382. The second kappa shape index (κ2) is 5.15. The van der Waals surface area contributed by atoms with Gasteiger partial charge >= 0.3 is 0 Å². The molecule has 1 aromatic carbocycles. The first-order chi connectivity index (χ1) is 10.0. The number of ether oxygens (including phenoxy) is 1. The molecule has 0 bridgehead atoms. The Kier molecular flexibility index (Phi) is 3.45. The monoisotopic (exact) mass is 308 g/mol. The maximum atomic E-state index is 12.6. The number of benzene rings is 1. The summed E-state index contributed by atoms with van der Waals surface area (Å²) in [6.07, 6.45) is 1.88. The van der Waals surface area contributed by atoms with E-state index in [-0.39, 0.29) is 17.0 Å². The van der Waals surface area contributed by atoms with Crippen LogP contribution in [0, 0.1) is 6.92 Å². The number of hydrogen-bond acceptors (Lipinski definition) is 3. The van der Waals surface area contributed by atoms with Crippen LogP contribution < -0.4 is 10.3 Å². The lowest BCUT2D eigenvalue weighted by Gasteiger charge is -2.16. The van der Waals surface area contributed by atoms with Crippen LogP contribution in [0.25, 0.3) is 11.1 Å². The predicted octanol–water partition coefficient (Wildman–Crippen LogP) is 2.79. The van der Waals surface area contributed by atoms with Gasteiger partial charge in [0.1, 0.15) is 11.3 Å². The summed E-state index contributed by atoms with van der Waals surface area (Å²) in [5.41, 5.74) is 1.39. The number of aromatic nitrogens is 2. The molecule has 3 rings (SSSR count). The molecule has 21 heavy (non-hydrogen) atoms. The molecule has 1 aromatic heterocycles. The molecule has 0 atom stereocenters. The summed E-state index contributed by atoms with van der Waals surface area (Å²) in [6.45, 7) is 3.14. The van der Waals surface area contributed by atoms with Gasteiger partial charge < -0.3 is 9.84 Å². The molecule has 0 amide bonds. The Balaban J connectivity index is 2.32. The molecule has 112 valence electrons. The maximum absolute atomic E-state index is 12.6. The van der Waals surface area contributed by atoms with E-state index in [0.717, 1.165) is 18.4 Å². The average molecular weight is 309 g/mol. The van der Waals surface area contributed by atoms with Crippen molar-refractivity contribution >= 4 is 11.6 Å². The Bertz CT molecular complexity index is 761. The molecule has 1 N–H and O–H groups in total. The van der Waals surface area contributed by atoms with E-state index in [1.165, 1.54) is 7.11 Å². The summed E-state index contributed by atoms with van der Waals surface area (Å²) >= 11 is 6.31. The zero-order valence-electron chi connectivity index (χ0n) is 12.0. The number of halogens is 1. The molecule has 1 aliphatic rings. The molecule has 5 nitrogen and oxygen atoms in total.